The molecule has 1 unspecified atom stereocenters. The topological polar surface area (TPSA) is 44.2 Å². The zero-order valence-electron chi connectivity index (χ0n) is 22.6. The molecule has 0 N–H and O–H groups in total. The van der Waals surface area contributed by atoms with E-state index in [4.69, 9.17) is 9.47 Å². The fraction of sp³-hybridized carbons (Fsp3) is 0.500. The summed E-state index contributed by atoms with van der Waals surface area (Å²) in [7, 11) is 0. The summed E-state index contributed by atoms with van der Waals surface area (Å²) in [5.41, 5.74) is 2.87. The average molecular weight is 507 g/mol. The molecular weight excluding hydrogens is 463 g/mol. The number of benzene rings is 2. The molecule has 3 aromatic rings. The first kappa shape index (κ1) is 28.6. The van der Waals surface area contributed by atoms with Crippen LogP contribution in [0.2, 0.25) is 0 Å². The average Bonchev–Trinajstić information content (AvgIpc) is 2.94. The van der Waals surface area contributed by atoms with E-state index in [1.54, 1.807) is 0 Å². The molecule has 0 fully saturated rings. The molecule has 0 saturated carbocycles. The number of nitrogens with zero attached hydrogens (tertiary/aromatic N) is 2. The second-order valence-corrected chi connectivity index (χ2v) is 9.72. The highest BCUT2D eigenvalue weighted by Gasteiger charge is 2.07. The molecule has 3 rings (SSSR count). The van der Waals surface area contributed by atoms with Crippen molar-refractivity contribution in [3.8, 4) is 34.0 Å². The number of rotatable bonds is 18. The van der Waals surface area contributed by atoms with Crippen molar-refractivity contribution >= 4 is 0 Å². The molecule has 5 heteroatoms. The van der Waals surface area contributed by atoms with Gasteiger partial charge in [-0.15, -0.1) is 0 Å². The van der Waals surface area contributed by atoms with Crippen LogP contribution in [0.25, 0.3) is 22.5 Å². The number of hydrogen-bond donors (Lipinski definition) is 0. The molecule has 1 atom stereocenters. The Hall–Kier alpha value is -2.95. The molecule has 2 aromatic carbocycles. The molecule has 4 nitrogen and oxygen atoms in total. The summed E-state index contributed by atoms with van der Waals surface area (Å²) in [4.78, 5) is 9.10. The minimum Gasteiger partial charge on any atom is -0.494 e. The number of aromatic nitrogens is 2. The molecule has 0 aliphatic heterocycles. The monoisotopic (exact) mass is 506 g/mol. The Balaban J connectivity index is 1.39. The molecule has 200 valence electrons. The number of halogens is 1. The molecule has 0 radical (unpaired) electrons. The van der Waals surface area contributed by atoms with Crippen molar-refractivity contribution in [1.29, 1.82) is 0 Å². The second-order valence-electron chi connectivity index (χ2n) is 9.72. The van der Waals surface area contributed by atoms with Crippen LogP contribution in [0.3, 0.4) is 0 Å². The van der Waals surface area contributed by atoms with Crippen LogP contribution < -0.4 is 9.47 Å². The molecular formula is C32H43FN2O2. The molecule has 0 bridgehead atoms. The number of ether oxygens (including phenoxy) is 2. The lowest BCUT2D eigenvalue weighted by molar-refractivity contribution is 0.186. The van der Waals surface area contributed by atoms with E-state index in [1.165, 1.54) is 51.4 Å². The van der Waals surface area contributed by atoms with Gasteiger partial charge in [-0.3, -0.25) is 0 Å². The van der Waals surface area contributed by atoms with E-state index in [2.05, 4.69) is 16.9 Å². The van der Waals surface area contributed by atoms with Crippen LogP contribution >= 0.6 is 0 Å². The maximum absolute atomic E-state index is 13.6. The van der Waals surface area contributed by atoms with Gasteiger partial charge in [-0.05, 0) is 54.8 Å². The fourth-order valence-corrected chi connectivity index (χ4v) is 4.26. The fourth-order valence-electron chi connectivity index (χ4n) is 4.26. The molecule has 1 aromatic heterocycles. The summed E-state index contributed by atoms with van der Waals surface area (Å²) in [6, 6.07) is 15.6. The molecule has 37 heavy (non-hydrogen) atoms. The summed E-state index contributed by atoms with van der Waals surface area (Å²) >= 11 is 0. The summed E-state index contributed by atoms with van der Waals surface area (Å²) in [6.45, 7) is 5.08. The van der Waals surface area contributed by atoms with Gasteiger partial charge in [0.15, 0.2) is 5.82 Å². The van der Waals surface area contributed by atoms with Crippen molar-refractivity contribution in [2.75, 3.05) is 13.2 Å². The predicted octanol–water partition coefficient (Wildman–Crippen LogP) is 9.24. The Morgan fingerprint density at radius 2 is 1.16 bits per heavy atom. The summed E-state index contributed by atoms with van der Waals surface area (Å²) in [5.74, 6) is 2.23. The third kappa shape index (κ3) is 10.5. The van der Waals surface area contributed by atoms with Crippen LogP contribution in [-0.2, 0) is 0 Å². The van der Waals surface area contributed by atoms with E-state index in [0.717, 1.165) is 41.9 Å². The Bertz CT molecular complexity index is 991. The zero-order chi connectivity index (χ0) is 26.1. The van der Waals surface area contributed by atoms with E-state index in [1.807, 2.05) is 67.8 Å². The van der Waals surface area contributed by atoms with Gasteiger partial charge in [0.2, 0.25) is 0 Å². The predicted molar refractivity (Wildman–Crippen MR) is 151 cm³/mol. The van der Waals surface area contributed by atoms with Crippen molar-refractivity contribution in [3.05, 3.63) is 60.9 Å². The van der Waals surface area contributed by atoms with Crippen LogP contribution in [0.15, 0.2) is 60.9 Å². The standard InChI is InChI=1S/C32H43FN2O2/c1-3-5-6-7-8-9-10-11-12-22-36-30-20-16-27(17-21-30)32-34-23-28(24-35-32)26-14-18-31(19-15-26)37-25-29(33)13-4-2/h14-21,23-24,29H,3-13,22,25H2,1-2H3. The van der Waals surface area contributed by atoms with Crippen LogP contribution in [0.5, 0.6) is 11.5 Å². The molecule has 0 saturated heterocycles. The lowest BCUT2D eigenvalue weighted by Gasteiger charge is -2.10. The van der Waals surface area contributed by atoms with Crippen molar-refractivity contribution in [3.63, 3.8) is 0 Å². The summed E-state index contributed by atoms with van der Waals surface area (Å²) in [5, 5.41) is 0. The van der Waals surface area contributed by atoms with Gasteiger partial charge in [-0.1, -0.05) is 83.8 Å². The molecule has 0 aliphatic rings. The van der Waals surface area contributed by atoms with Crippen molar-refractivity contribution in [2.24, 2.45) is 0 Å². The minimum absolute atomic E-state index is 0.0913. The number of hydrogen-bond acceptors (Lipinski definition) is 4. The van der Waals surface area contributed by atoms with Crippen LogP contribution in [0.1, 0.15) is 84.5 Å². The maximum Gasteiger partial charge on any atom is 0.159 e. The van der Waals surface area contributed by atoms with E-state index >= 15 is 0 Å². The van der Waals surface area contributed by atoms with Gasteiger partial charge in [0.25, 0.3) is 0 Å². The quantitative estimate of drug-likeness (QED) is 0.161. The SMILES string of the molecule is CCCCCCCCCCCOc1ccc(-c2ncc(-c3ccc(OCC(F)CCC)cc3)cn2)cc1. The lowest BCUT2D eigenvalue weighted by atomic mass is 10.1. The van der Waals surface area contributed by atoms with E-state index in [9.17, 15) is 4.39 Å². The molecule has 0 amide bonds. The van der Waals surface area contributed by atoms with Crippen molar-refractivity contribution < 1.29 is 13.9 Å². The number of alkyl halides is 1. The Morgan fingerprint density at radius 3 is 1.76 bits per heavy atom. The van der Waals surface area contributed by atoms with Gasteiger partial charge in [0.1, 0.15) is 24.3 Å². The van der Waals surface area contributed by atoms with Crippen LogP contribution in [-0.4, -0.2) is 29.4 Å². The molecule has 1 heterocycles. The molecule has 0 spiro atoms. The Morgan fingerprint density at radius 1 is 0.622 bits per heavy atom. The molecule has 0 aliphatic carbocycles. The van der Waals surface area contributed by atoms with Crippen molar-refractivity contribution in [1.82, 2.24) is 9.97 Å². The van der Waals surface area contributed by atoms with Crippen LogP contribution in [0, 0.1) is 0 Å². The first-order valence-corrected chi connectivity index (χ1v) is 14.1. The number of unbranched alkanes of at least 4 members (excludes halogenated alkanes) is 8. The summed E-state index contributed by atoms with van der Waals surface area (Å²) < 4.78 is 25.1. The largest absolute Gasteiger partial charge is 0.494 e. The first-order valence-electron chi connectivity index (χ1n) is 14.1. The van der Waals surface area contributed by atoms with Gasteiger partial charge >= 0.3 is 0 Å². The van der Waals surface area contributed by atoms with E-state index in [-0.39, 0.29) is 6.61 Å². The highest BCUT2D eigenvalue weighted by molar-refractivity contribution is 5.64. The van der Waals surface area contributed by atoms with Gasteiger partial charge in [0.05, 0.1) is 6.61 Å². The highest BCUT2D eigenvalue weighted by Crippen LogP contribution is 2.24. The minimum atomic E-state index is -0.925. The highest BCUT2D eigenvalue weighted by atomic mass is 19.1. The van der Waals surface area contributed by atoms with Gasteiger partial charge in [-0.25, -0.2) is 14.4 Å². The first-order chi connectivity index (χ1) is 18.2. The Kier molecular flexibility index (Phi) is 12.9. The second kappa shape index (κ2) is 16.7. The smallest absolute Gasteiger partial charge is 0.159 e. The van der Waals surface area contributed by atoms with Crippen LogP contribution in [0.4, 0.5) is 4.39 Å². The lowest BCUT2D eigenvalue weighted by Crippen LogP contribution is -2.12. The third-order valence-corrected chi connectivity index (χ3v) is 6.50. The maximum atomic E-state index is 13.6. The zero-order valence-corrected chi connectivity index (χ0v) is 22.6. The van der Waals surface area contributed by atoms with E-state index < -0.39 is 6.17 Å². The van der Waals surface area contributed by atoms with E-state index in [0.29, 0.717) is 18.0 Å². The van der Waals surface area contributed by atoms with Gasteiger partial charge in [0, 0.05) is 23.5 Å². The van der Waals surface area contributed by atoms with Crippen molar-refractivity contribution in [2.45, 2.75) is 90.6 Å². The van der Waals surface area contributed by atoms with Gasteiger partial charge in [-0.2, -0.15) is 0 Å². The normalized spacial score (nSPS) is 11.9. The Labute approximate surface area is 222 Å². The van der Waals surface area contributed by atoms with Gasteiger partial charge < -0.3 is 9.47 Å². The summed E-state index contributed by atoms with van der Waals surface area (Å²) in [6.07, 6.45) is 15.9. The third-order valence-electron chi connectivity index (χ3n) is 6.50.